The van der Waals surface area contributed by atoms with Crippen molar-refractivity contribution >= 4 is 10.8 Å². The van der Waals surface area contributed by atoms with Gasteiger partial charge in [0.1, 0.15) is 0 Å². The van der Waals surface area contributed by atoms with E-state index < -0.39 is 0 Å². The lowest BCUT2D eigenvalue weighted by Gasteiger charge is -2.24. The smallest absolute Gasteiger partial charge is 0.00168 e. The summed E-state index contributed by atoms with van der Waals surface area (Å²) in [4.78, 5) is 0. The van der Waals surface area contributed by atoms with Crippen LogP contribution in [0.4, 0.5) is 0 Å². The third-order valence-corrected chi connectivity index (χ3v) is 5.99. The zero-order valence-electron chi connectivity index (χ0n) is 15.3. The molecule has 128 valence electrons. The summed E-state index contributed by atoms with van der Waals surface area (Å²) in [5.41, 5.74) is 6.07. The van der Waals surface area contributed by atoms with Crippen LogP contribution in [0.25, 0.3) is 10.8 Å². The molecule has 3 aromatic carbocycles. The molecule has 0 nitrogen and oxygen atoms in total. The Kier molecular flexibility index (Phi) is 4.88. The molecule has 1 aliphatic rings. The second-order valence-electron chi connectivity index (χ2n) is 7.74. The Morgan fingerprint density at radius 1 is 0.760 bits per heavy atom. The van der Waals surface area contributed by atoms with Crippen LogP contribution in [-0.4, -0.2) is 0 Å². The zero-order valence-corrected chi connectivity index (χ0v) is 15.3. The lowest BCUT2D eigenvalue weighted by molar-refractivity contribution is 0.356. The molecule has 0 N–H and O–H groups in total. The molecular formula is C25H28. The molecule has 3 aromatic rings. The minimum atomic E-state index is 0.890. The van der Waals surface area contributed by atoms with Crippen LogP contribution in [0.1, 0.15) is 54.4 Å². The Labute approximate surface area is 151 Å². The molecule has 0 heteroatoms. The maximum atomic E-state index is 2.35. The van der Waals surface area contributed by atoms with Crippen LogP contribution in [0.15, 0.2) is 60.7 Å². The quantitative estimate of drug-likeness (QED) is 0.490. The second kappa shape index (κ2) is 7.44. The van der Waals surface area contributed by atoms with Gasteiger partial charge in [-0.15, -0.1) is 0 Å². The molecule has 0 radical (unpaired) electrons. The largest absolute Gasteiger partial charge is 0.0617 e. The van der Waals surface area contributed by atoms with Gasteiger partial charge in [0.05, 0.1) is 0 Å². The van der Waals surface area contributed by atoms with Crippen molar-refractivity contribution in [1.29, 1.82) is 0 Å². The first kappa shape index (κ1) is 16.4. The van der Waals surface area contributed by atoms with Gasteiger partial charge >= 0.3 is 0 Å². The number of hydrogen-bond acceptors (Lipinski definition) is 0. The maximum Gasteiger partial charge on any atom is -0.00168 e. The van der Waals surface area contributed by atoms with E-state index in [0.29, 0.717) is 0 Å². The monoisotopic (exact) mass is 328 g/mol. The van der Waals surface area contributed by atoms with Crippen molar-refractivity contribution in [3.05, 3.63) is 82.9 Å². The van der Waals surface area contributed by atoms with Crippen LogP contribution in [0.2, 0.25) is 0 Å². The maximum absolute atomic E-state index is 2.35. The first-order valence-electron chi connectivity index (χ1n) is 9.85. The molecule has 0 atom stereocenters. The fourth-order valence-electron chi connectivity index (χ4n) is 4.55. The summed E-state index contributed by atoms with van der Waals surface area (Å²) in [6.45, 7) is 2.30. The van der Waals surface area contributed by atoms with Crippen LogP contribution in [0.5, 0.6) is 0 Å². The predicted octanol–water partition coefficient (Wildman–Crippen LogP) is 6.86. The molecule has 0 amide bonds. The van der Waals surface area contributed by atoms with Gasteiger partial charge in [0, 0.05) is 0 Å². The van der Waals surface area contributed by atoms with Crippen LogP contribution >= 0.6 is 0 Å². The van der Waals surface area contributed by atoms with Crippen molar-refractivity contribution < 1.29 is 0 Å². The van der Waals surface area contributed by atoms with E-state index in [0.717, 1.165) is 12.3 Å². The highest BCUT2D eigenvalue weighted by Crippen LogP contribution is 2.31. The highest BCUT2D eigenvalue weighted by Gasteiger charge is 2.17. The van der Waals surface area contributed by atoms with Crippen molar-refractivity contribution in [2.75, 3.05) is 0 Å². The summed E-state index contributed by atoms with van der Waals surface area (Å²) in [6, 6.07) is 22.4. The van der Waals surface area contributed by atoms with Crippen molar-refractivity contribution in [3.63, 3.8) is 0 Å². The molecule has 0 heterocycles. The highest BCUT2D eigenvalue weighted by molar-refractivity contribution is 5.86. The molecule has 4 rings (SSSR count). The summed E-state index contributed by atoms with van der Waals surface area (Å²) >= 11 is 0. The Hall–Kier alpha value is -2.08. The number of hydrogen-bond donors (Lipinski definition) is 0. The summed E-state index contributed by atoms with van der Waals surface area (Å²) in [6.07, 6.45) is 9.44. The van der Waals surface area contributed by atoms with Crippen LogP contribution in [0.3, 0.4) is 0 Å². The van der Waals surface area contributed by atoms with E-state index in [4.69, 9.17) is 0 Å². The fourth-order valence-corrected chi connectivity index (χ4v) is 4.55. The third-order valence-electron chi connectivity index (χ3n) is 5.99. The number of rotatable bonds is 4. The molecule has 0 spiro atoms. The molecule has 0 saturated heterocycles. The molecule has 0 aromatic heterocycles. The lowest BCUT2D eigenvalue weighted by atomic mass is 9.82. The minimum Gasteiger partial charge on any atom is -0.0617 e. The van der Waals surface area contributed by atoms with Crippen LogP contribution in [-0.2, 0) is 12.8 Å². The Morgan fingerprint density at radius 2 is 1.48 bits per heavy atom. The van der Waals surface area contributed by atoms with Gasteiger partial charge in [-0.05, 0) is 58.7 Å². The van der Waals surface area contributed by atoms with Gasteiger partial charge in [-0.2, -0.15) is 0 Å². The van der Waals surface area contributed by atoms with Gasteiger partial charge in [0.25, 0.3) is 0 Å². The van der Waals surface area contributed by atoms with Crippen molar-refractivity contribution in [2.24, 2.45) is 5.92 Å². The third kappa shape index (κ3) is 3.63. The lowest BCUT2D eigenvalue weighted by Crippen LogP contribution is -2.12. The molecule has 1 aliphatic carbocycles. The SMILES string of the molecule is Cc1cccc(Cc2cccc3ccccc23)c1CC1CCCCC1. The average molecular weight is 328 g/mol. The van der Waals surface area contributed by atoms with Gasteiger partial charge in [-0.1, -0.05) is 92.8 Å². The molecule has 0 aliphatic heterocycles. The van der Waals surface area contributed by atoms with Crippen molar-refractivity contribution in [3.8, 4) is 0 Å². The molecule has 25 heavy (non-hydrogen) atoms. The van der Waals surface area contributed by atoms with E-state index in [9.17, 15) is 0 Å². The summed E-state index contributed by atoms with van der Waals surface area (Å²) in [5, 5.41) is 2.75. The second-order valence-corrected chi connectivity index (χ2v) is 7.74. The Morgan fingerprint density at radius 3 is 2.36 bits per heavy atom. The molecule has 0 unspecified atom stereocenters. The topological polar surface area (TPSA) is 0 Å². The van der Waals surface area contributed by atoms with Crippen molar-refractivity contribution in [2.45, 2.75) is 51.9 Å². The number of benzene rings is 3. The summed E-state index contributed by atoms with van der Waals surface area (Å²) in [5.74, 6) is 0.890. The van der Waals surface area contributed by atoms with Crippen molar-refractivity contribution in [1.82, 2.24) is 0 Å². The number of aryl methyl sites for hydroxylation is 1. The molecular weight excluding hydrogens is 300 g/mol. The first-order valence-corrected chi connectivity index (χ1v) is 9.85. The standard InChI is InChI=1S/C25H28/c1-19-9-7-14-23(25(19)17-20-10-3-2-4-11-20)18-22-15-8-13-21-12-5-6-16-24(21)22/h5-9,12-16,20H,2-4,10-11,17-18H2,1H3. The van der Waals surface area contributed by atoms with E-state index in [1.54, 1.807) is 5.56 Å². The average Bonchev–Trinajstić information content (AvgIpc) is 2.66. The van der Waals surface area contributed by atoms with Gasteiger partial charge in [0.2, 0.25) is 0 Å². The van der Waals surface area contributed by atoms with E-state index in [1.807, 2.05) is 0 Å². The fraction of sp³-hybridized carbons (Fsp3) is 0.360. The van der Waals surface area contributed by atoms with E-state index >= 15 is 0 Å². The summed E-state index contributed by atoms with van der Waals surface area (Å²) < 4.78 is 0. The molecule has 1 saturated carbocycles. The molecule has 0 bridgehead atoms. The highest BCUT2D eigenvalue weighted by atomic mass is 14.2. The van der Waals surface area contributed by atoms with Gasteiger partial charge in [-0.3, -0.25) is 0 Å². The van der Waals surface area contributed by atoms with E-state index in [2.05, 4.69) is 67.6 Å². The van der Waals surface area contributed by atoms with Gasteiger partial charge < -0.3 is 0 Å². The number of fused-ring (bicyclic) bond motifs is 1. The van der Waals surface area contributed by atoms with E-state index in [-0.39, 0.29) is 0 Å². The minimum absolute atomic E-state index is 0.890. The van der Waals surface area contributed by atoms with Crippen LogP contribution < -0.4 is 0 Å². The normalized spacial score (nSPS) is 15.6. The van der Waals surface area contributed by atoms with Crippen LogP contribution in [0, 0.1) is 12.8 Å². The summed E-state index contributed by atoms with van der Waals surface area (Å²) in [7, 11) is 0. The predicted molar refractivity (Wildman–Crippen MR) is 108 cm³/mol. The Balaban J connectivity index is 1.66. The Bertz CT molecular complexity index is 848. The van der Waals surface area contributed by atoms with E-state index in [1.165, 1.54) is 66.0 Å². The molecule has 1 fully saturated rings. The van der Waals surface area contributed by atoms with Gasteiger partial charge in [0.15, 0.2) is 0 Å². The zero-order chi connectivity index (χ0) is 17.1. The first-order chi connectivity index (χ1) is 12.3. The van der Waals surface area contributed by atoms with Gasteiger partial charge in [-0.25, -0.2) is 0 Å².